The Labute approximate surface area is 116 Å². The average Bonchev–Trinajstić information content (AvgIpc) is 2.82. The molecule has 19 heavy (non-hydrogen) atoms. The summed E-state index contributed by atoms with van der Waals surface area (Å²) in [5.74, 6) is 0.975. The summed E-state index contributed by atoms with van der Waals surface area (Å²) in [6.45, 7) is 1.94. The second-order valence-corrected chi connectivity index (χ2v) is 4.79. The third kappa shape index (κ3) is 2.54. The number of rotatable bonds is 3. The summed E-state index contributed by atoms with van der Waals surface area (Å²) in [4.78, 5) is 21.9. The van der Waals surface area contributed by atoms with Crippen LogP contribution in [-0.2, 0) is 0 Å². The second-order valence-electron chi connectivity index (χ2n) is 4.79. The van der Waals surface area contributed by atoms with Gasteiger partial charge in [0, 0.05) is 36.8 Å². The Hall–Kier alpha value is -1.66. The van der Waals surface area contributed by atoms with Gasteiger partial charge in [-0.25, -0.2) is 0 Å². The fourth-order valence-corrected chi connectivity index (χ4v) is 2.60. The third-order valence-corrected chi connectivity index (χ3v) is 3.73. The maximum absolute atomic E-state index is 11.9. The van der Waals surface area contributed by atoms with Crippen molar-refractivity contribution in [3.63, 3.8) is 0 Å². The molecule has 2 atom stereocenters. The van der Waals surface area contributed by atoms with Gasteiger partial charge in [0.15, 0.2) is 0 Å². The predicted octanol–water partition coefficient (Wildman–Crippen LogP) is 0.964. The van der Waals surface area contributed by atoms with Crippen LogP contribution in [0.2, 0.25) is 0 Å². The lowest BCUT2D eigenvalue weighted by Crippen LogP contribution is -2.32. The Morgan fingerprint density at radius 3 is 2.37 bits per heavy atom. The van der Waals surface area contributed by atoms with Crippen LogP contribution in [0, 0.1) is 22.0 Å². The first-order chi connectivity index (χ1) is 8.66. The van der Waals surface area contributed by atoms with E-state index in [1.807, 2.05) is 0 Å². The molecule has 7 heteroatoms. The molecule has 0 radical (unpaired) electrons. The Bertz CT molecular complexity index is 495. The quantitative estimate of drug-likeness (QED) is 0.639. The Morgan fingerprint density at radius 1 is 1.26 bits per heavy atom. The van der Waals surface area contributed by atoms with E-state index in [9.17, 15) is 14.9 Å². The van der Waals surface area contributed by atoms with Crippen molar-refractivity contribution in [1.29, 1.82) is 0 Å². The largest absolute Gasteiger partial charge is 0.349 e. The fraction of sp³-hybridized carbons (Fsp3) is 0.417. The summed E-state index contributed by atoms with van der Waals surface area (Å²) < 4.78 is 0. The van der Waals surface area contributed by atoms with E-state index in [0.717, 1.165) is 13.1 Å². The maximum atomic E-state index is 11.9. The number of benzene rings is 1. The summed E-state index contributed by atoms with van der Waals surface area (Å²) in [6.07, 6.45) is 0. The van der Waals surface area contributed by atoms with E-state index in [2.05, 4.69) is 10.6 Å². The van der Waals surface area contributed by atoms with Crippen LogP contribution in [0.25, 0.3) is 0 Å². The topological polar surface area (TPSA) is 84.3 Å². The van der Waals surface area contributed by atoms with Gasteiger partial charge in [-0.05, 0) is 24.0 Å². The summed E-state index contributed by atoms with van der Waals surface area (Å²) in [7, 11) is 0. The molecule has 3 rings (SSSR count). The van der Waals surface area contributed by atoms with Gasteiger partial charge >= 0.3 is 0 Å². The zero-order valence-electron chi connectivity index (χ0n) is 10.0. The highest BCUT2D eigenvalue weighted by Crippen LogP contribution is 2.41. The van der Waals surface area contributed by atoms with Crippen LogP contribution in [0.5, 0.6) is 0 Å². The zero-order valence-corrected chi connectivity index (χ0v) is 10.9. The molecule has 0 aromatic heterocycles. The van der Waals surface area contributed by atoms with E-state index in [1.165, 1.54) is 24.3 Å². The van der Waals surface area contributed by atoms with Crippen molar-refractivity contribution >= 4 is 24.0 Å². The third-order valence-electron chi connectivity index (χ3n) is 3.73. The summed E-state index contributed by atoms with van der Waals surface area (Å²) >= 11 is 0. The molecule has 102 valence electrons. The Kier molecular flexibility index (Phi) is 3.73. The number of hydrogen-bond donors (Lipinski definition) is 2. The summed E-state index contributed by atoms with van der Waals surface area (Å²) in [5.41, 5.74) is 0.470. The molecule has 2 fully saturated rings. The summed E-state index contributed by atoms with van der Waals surface area (Å²) in [6, 6.07) is 5.95. The second kappa shape index (κ2) is 5.14. The van der Waals surface area contributed by atoms with Crippen LogP contribution < -0.4 is 10.6 Å². The van der Waals surface area contributed by atoms with Crippen molar-refractivity contribution in [1.82, 2.24) is 10.6 Å². The van der Waals surface area contributed by atoms with Crippen molar-refractivity contribution in [2.75, 3.05) is 13.1 Å². The van der Waals surface area contributed by atoms with Gasteiger partial charge < -0.3 is 10.6 Å². The molecule has 2 unspecified atom stereocenters. The van der Waals surface area contributed by atoms with Gasteiger partial charge in [0.25, 0.3) is 11.6 Å². The van der Waals surface area contributed by atoms with Gasteiger partial charge in [-0.1, -0.05) is 0 Å². The molecule has 1 amide bonds. The first kappa shape index (κ1) is 13.8. The molecule has 1 aliphatic carbocycles. The lowest BCUT2D eigenvalue weighted by molar-refractivity contribution is -0.384. The smallest absolute Gasteiger partial charge is 0.269 e. The van der Waals surface area contributed by atoms with E-state index < -0.39 is 4.92 Å². The Morgan fingerprint density at radius 2 is 1.84 bits per heavy atom. The number of carbonyl (C=O) groups is 1. The highest BCUT2D eigenvalue weighted by molar-refractivity contribution is 5.94. The minimum atomic E-state index is -0.474. The number of hydrogen-bond acceptors (Lipinski definition) is 4. The van der Waals surface area contributed by atoms with E-state index in [1.54, 1.807) is 0 Å². The first-order valence-corrected chi connectivity index (χ1v) is 5.93. The van der Waals surface area contributed by atoms with Crippen molar-refractivity contribution in [3.8, 4) is 0 Å². The molecule has 2 aliphatic rings. The van der Waals surface area contributed by atoms with E-state index in [-0.39, 0.29) is 30.0 Å². The maximum Gasteiger partial charge on any atom is 0.269 e. The molecule has 1 saturated carbocycles. The average molecular weight is 284 g/mol. The lowest BCUT2D eigenvalue weighted by atomic mass is 10.2. The molecule has 1 aromatic carbocycles. The minimum absolute atomic E-state index is 0. The molecule has 6 nitrogen and oxygen atoms in total. The molecule has 1 heterocycles. The van der Waals surface area contributed by atoms with Crippen LogP contribution in [0.3, 0.4) is 0 Å². The number of carbonyl (C=O) groups excluding carboxylic acids is 1. The number of halogens is 1. The van der Waals surface area contributed by atoms with Gasteiger partial charge in [-0.2, -0.15) is 0 Å². The minimum Gasteiger partial charge on any atom is -0.349 e. The SMILES string of the molecule is Cl.O=C(NC1C2CNCC21)c1ccc([N+](=O)[O-])cc1. The van der Waals surface area contributed by atoms with Crippen LogP contribution in [0.15, 0.2) is 24.3 Å². The molecule has 2 N–H and O–H groups in total. The molecule has 0 spiro atoms. The number of fused-ring (bicyclic) bond motifs is 1. The van der Waals surface area contributed by atoms with Crippen LogP contribution in [-0.4, -0.2) is 30.0 Å². The molecule has 1 aromatic rings. The molecular formula is C12H14ClN3O3. The molecular weight excluding hydrogens is 270 g/mol. The van der Waals surface area contributed by atoms with E-state index in [0.29, 0.717) is 17.4 Å². The van der Waals surface area contributed by atoms with Gasteiger partial charge in [-0.15, -0.1) is 12.4 Å². The zero-order chi connectivity index (χ0) is 12.7. The molecule has 1 saturated heterocycles. The van der Waals surface area contributed by atoms with Gasteiger partial charge in [-0.3, -0.25) is 14.9 Å². The molecule has 0 bridgehead atoms. The number of nitro benzene ring substituents is 1. The van der Waals surface area contributed by atoms with Crippen molar-refractivity contribution in [3.05, 3.63) is 39.9 Å². The fourth-order valence-electron chi connectivity index (χ4n) is 2.60. The number of nitro groups is 1. The number of nitrogens with one attached hydrogen (secondary N) is 2. The normalized spacial score (nSPS) is 27.1. The lowest BCUT2D eigenvalue weighted by Gasteiger charge is -2.07. The number of nitrogens with zero attached hydrogens (tertiary/aromatic N) is 1. The number of amides is 1. The first-order valence-electron chi connectivity index (χ1n) is 5.93. The number of piperidine rings is 1. The summed E-state index contributed by atoms with van der Waals surface area (Å²) in [5, 5.41) is 16.7. The Balaban J connectivity index is 0.00000133. The monoisotopic (exact) mass is 283 g/mol. The van der Waals surface area contributed by atoms with Gasteiger partial charge in [0.2, 0.25) is 0 Å². The van der Waals surface area contributed by atoms with Crippen molar-refractivity contribution in [2.45, 2.75) is 6.04 Å². The van der Waals surface area contributed by atoms with Crippen molar-refractivity contribution in [2.24, 2.45) is 11.8 Å². The predicted molar refractivity (Wildman–Crippen MR) is 71.4 cm³/mol. The van der Waals surface area contributed by atoms with E-state index >= 15 is 0 Å². The number of non-ortho nitro benzene ring substituents is 1. The molecule has 1 aliphatic heterocycles. The van der Waals surface area contributed by atoms with Crippen molar-refractivity contribution < 1.29 is 9.72 Å². The highest BCUT2D eigenvalue weighted by atomic mass is 35.5. The van der Waals surface area contributed by atoms with Crippen LogP contribution in [0.4, 0.5) is 5.69 Å². The highest BCUT2D eigenvalue weighted by Gasteiger charge is 2.53. The van der Waals surface area contributed by atoms with Crippen LogP contribution in [0.1, 0.15) is 10.4 Å². The van der Waals surface area contributed by atoms with E-state index in [4.69, 9.17) is 0 Å². The van der Waals surface area contributed by atoms with Gasteiger partial charge in [0.1, 0.15) is 0 Å². The van der Waals surface area contributed by atoms with Gasteiger partial charge in [0.05, 0.1) is 4.92 Å². The standard InChI is InChI=1S/C12H13N3O3.ClH/c16-12(14-11-9-5-13-6-10(9)11)7-1-3-8(4-2-7)15(17)18;/h1-4,9-11,13H,5-6H2,(H,14,16);1H. The van der Waals surface area contributed by atoms with Crippen LogP contribution >= 0.6 is 12.4 Å².